The van der Waals surface area contributed by atoms with Crippen LogP contribution in [0, 0.1) is 11.3 Å². The molecule has 33 heavy (non-hydrogen) atoms. The van der Waals surface area contributed by atoms with Crippen molar-refractivity contribution in [2.75, 3.05) is 38.6 Å². The second-order valence-electron chi connectivity index (χ2n) is 8.15. The van der Waals surface area contributed by atoms with Gasteiger partial charge in [-0.2, -0.15) is 5.26 Å². The van der Waals surface area contributed by atoms with Gasteiger partial charge in [0, 0.05) is 56.1 Å². The molecule has 1 aliphatic rings. The largest absolute Gasteiger partial charge is 0.536 e. The van der Waals surface area contributed by atoms with Crippen molar-refractivity contribution in [3.8, 4) is 6.07 Å². The SMILES string of the molecule is CO[Si](OC)(OC)c1ccc(NC(=O)/C(C#N)=C/C=C2/N(C)c3ccccc3C2(C)C)cc1. The summed E-state index contributed by atoms with van der Waals surface area (Å²) in [5.74, 6) is -0.480. The van der Waals surface area contributed by atoms with E-state index < -0.39 is 14.7 Å². The first kappa shape index (κ1) is 24.4. The fraction of sp³-hybridized carbons (Fsp3) is 0.280. The highest BCUT2D eigenvalue weighted by Crippen LogP contribution is 2.46. The van der Waals surface area contributed by atoms with E-state index in [1.807, 2.05) is 31.3 Å². The van der Waals surface area contributed by atoms with Crippen LogP contribution in [0.25, 0.3) is 0 Å². The third-order valence-electron chi connectivity index (χ3n) is 6.02. The zero-order chi connectivity index (χ0) is 24.2. The van der Waals surface area contributed by atoms with Crippen LogP contribution in [-0.4, -0.2) is 43.1 Å². The second kappa shape index (κ2) is 9.73. The number of allylic oxidation sites excluding steroid dienone is 3. The van der Waals surface area contributed by atoms with E-state index in [1.165, 1.54) is 26.9 Å². The molecule has 0 aliphatic carbocycles. The topological polar surface area (TPSA) is 83.8 Å². The molecule has 0 aromatic heterocycles. The van der Waals surface area contributed by atoms with Crippen molar-refractivity contribution >= 4 is 31.3 Å². The molecular formula is C25H29N3O4Si. The van der Waals surface area contributed by atoms with Crippen molar-refractivity contribution in [3.63, 3.8) is 0 Å². The fourth-order valence-corrected chi connectivity index (χ4v) is 5.97. The monoisotopic (exact) mass is 463 g/mol. The zero-order valence-corrected chi connectivity index (χ0v) is 20.8. The Morgan fingerprint density at radius 2 is 1.67 bits per heavy atom. The van der Waals surface area contributed by atoms with Crippen LogP contribution in [0.3, 0.4) is 0 Å². The van der Waals surface area contributed by atoms with Crippen LogP contribution in [0.2, 0.25) is 0 Å². The van der Waals surface area contributed by atoms with Gasteiger partial charge in [-0.05, 0) is 35.9 Å². The minimum absolute atomic E-state index is 0.0149. The van der Waals surface area contributed by atoms with Crippen LogP contribution in [0.4, 0.5) is 11.4 Å². The fourth-order valence-electron chi connectivity index (χ4n) is 4.19. The van der Waals surface area contributed by atoms with Gasteiger partial charge in [0.25, 0.3) is 5.91 Å². The van der Waals surface area contributed by atoms with E-state index in [4.69, 9.17) is 13.3 Å². The average molecular weight is 464 g/mol. The molecule has 172 valence electrons. The number of fused-ring (bicyclic) bond motifs is 1. The number of carbonyl (C=O) groups excluding carboxylic acids is 1. The van der Waals surface area contributed by atoms with Crippen molar-refractivity contribution in [1.82, 2.24) is 0 Å². The summed E-state index contributed by atoms with van der Waals surface area (Å²) in [5.41, 5.74) is 3.66. The molecule has 1 heterocycles. The van der Waals surface area contributed by atoms with Gasteiger partial charge in [0.1, 0.15) is 11.6 Å². The third kappa shape index (κ3) is 4.49. The molecule has 1 aliphatic heterocycles. The van der Waals surface area contributed by atoms with Gasteiger partial charge in [-0.1, -0.05) is 44.2 Å². The van der Waals surface area contributed by atoms with Crippen LogP contribution < -0.4 is 15.4 Å². The number of rotatable bonds is 7. The van der Waals surface area contributed by atoms with Crippen LogP contribution >= 0.6 is 0 Å². The Kier molecular flexibility index (Phi) is 7.20. The number of benzene rings is 2. The van der Waals surface area contributed by atoms with Gasteiger partial charge in [0.05, 0.1) is 0 Å². The Morgan fingerprint density at radius 3 is 2.21 bits per heavy atom. The molecular weight excluding hydrogens is 434 g/mol. The predicted molar refractivity (Wildman–Crippen MR) is 131 cm³/mol. The maximum absolute atomic E-state index is 12.7. The van der Waals surface area contributed by atoms with Gasteiger partial charge in [0.15, 0.2) is 0 Å². The molecule has 2 aromatic rings. The first-order chi connectivity index (χ1) is 15.7. The lowest BCUT2D eigenvalue weighted by Crippen LogP contribution is -2.54. The quantitative estimate of drug-likeness (QED) is 0.385. The normalized spacial score (nSPS) is 16.5. The van der Waals surface area contributed by atoms with Gasteiger partial charge < -0.3 is 23.5 Å². The first-order valence-electron chi connectivity index (χ1n) is 10.5. The highest BCUT2D eigenvalue weighted by molar-refractivity contribution is 6.75. The summed E-state index contributed by atoms with van der Waals surface area (Å²) in [6.45, 7) is 4.26. The van der Waals surface area contributed by atoms with Gasteiger partial charge in [-0.25, -0.2) is 0 Å². The van der Waals surface area contributed by atoms with Gasteiger partial charge in [-0.3, -0.25) is 4.79 Å². The zero-order valence-electron chi connectivity index (χ0n) is 19.8. The number of nitriles is 1. The number of amides is 1. The molecule has 8 heteroatoms. The van der Waals surface area contributed by atoms with Gasteiger partial charge in [-0.15, -0.1) is 0 Å². The van der Waals surface area contributed by atoms with Crippen molar-refractivity contribution in [2.24, 2.45) is 0 Å². The molecule has 0 saturated carbocycles. The predicted octanol–water partition coefficient (Wildman–Crippen LogP) is 3.47. The standard InChI is InChI=1S/C25H29N3O4Si/c1-25(2)21-9-7-8-10-22(21)28(3)23(25)16-11-18(17-26)24(29)27-19-12-14-20(15-13-19)33(30-4,31-5)32-6/h7-16H,1-6H3,(H,27,29)/b18-11+,23-16+. The third-order valence-corrected chi connectivity index (χ3v) is 8.67. The number of nitrogens with zero attached hydrogens (tertiary/aromatic N) is 2. The molecule has 1 N–H and O–H groups in total. The molecule has 0 saturated heterocycles. The summed E-state index contributed by atoms with van der Waals surface area (Å²) in [5, 5.41) is 13.1. The van der Waals surface area contributed by atoms with Gasteiger partial charge >= 0.3 is 8.80 Å². The van der Waals surface area contributed by atoms with E-state index in [1.54, 1.807) is 30.3 Å². The highest BCUT2D eigenvalue weighted by Gasteiger charge is 2.40. The van der Waals surface area contributed by atoms with Gasteiger partial charge in [0.2, 0.25) is 0 Å². The first-order valence-corrected chi connectivity index (χ1v) is 12.2. The lowest BCUT2D eigenvalue weighted by Gasteiger charge is -2.24. The molecule has 0 unspecified atom stereocenters. The Hall–Kier alpha value is -3.22. The van der Waals surface area contributed by atoms with Crippen LogP contribution in [0.5, 0.6) is 0 Å². The molecule has 0 spiro atoms. The average Bonchev–Trinajstić information content (AvgIpc) is 3.02. The van der Waals surface area contributed by atoms with E-state index in [0.29, 0.717) is 5.69 Å². The van der Waals surface area contributed by atoms with Crippen molar-refractivity contribution in [1.29, 1.82) is 5.26 Å². The number of para-hydroxylation sites is 1. The number of carbonyl (C=O) groups is 1. The Morgan fingerprint density at radius 1 is 1.06 bits per heavy atom. The summed E-state index contributed by atoms with van der Waals surface area (Å²) in [6.07, 6.45) is 3.42. The van der Waals surface area contributed by atoms with E-state index in [9.17, 15) is 10.1 Å². The summed E-state index contributed by atoms with van der Waals surface area (Å²) >= 11 is 0. The van der Waals surface area contributed by atoms with Crippen LogP contribution in [0.1, 0.15) is 19.4 Å². The Labute approximate surface area is 196 Å². The van der Waals surface area contributed by atoms with Crippen LogP contribution in [0.15, 0.2) is 72.0 Å². The molecule has 0 bridgehead atoms. The minimum Gasteiger partial charge on any atom is -0.373 e. The van der Waals surface area contributed by atoms with E-state index in [-0.39, 0.29) is 11.0 Å². The van der Waals surface area contributed by atoms with Crippen molar-refractivity contribution in [3.05, 3.63) is 77.5 Å². The Bertz CT molecular complexity index is 1120. The number of anilines is 2. The summed E-state index contributed by atoms with van der Waals surface area (Å²) in [4.78, 5) is 14.8. The minimum atomic E-state index is -2.95. The highest BCUT2D eigenvalue weighted by atomic mass is 28.4. The Balaban J connectivity index is 1.81. The molecule has 3 rings (SSSR count). The maximum Gasteiger partial charge on any atom is 0.536 e. The summed E-state index contributed by atoms with van der Waals surface area (Å²) in [6, 6.07) is 17.2. The van der Waals surface area contributed by atoms with Crippen molar-refractivity contribution < 1.29 is 18.1 Å². The van der Waals surface area contributed by atoms with Crippen molar-refractivity contribution in [2.45, 2.75) is 19.3 Å². The van der Waals surface area contributed by atoms with Crippen LogP contribution in [-0.2, 0) is 23.5 Å². The molecule has 0 atom stereocenters. The van der Waals surface area contributed by atoms with E-state index in [0.717, 1.165) is 16.6 Å². The molecule has 1 amide bonds. The lowest BCUT2D eigenvalue weighted by atomic mass is 9.83. The van der Waals surface area contributed by atoms with E-state index in [2.05, 4.69) is 36.2 Å². The molecule has 7 nitrogen and oxygen atoms in total. The lowest BCUT2D eigenvalue weighted by molar-refractivity contribution is -0.112. The summed E-state index contributed by atoms with van der Waals surface area (Å²) in [7, 11) is 3.65. The number of likely N-dealkylation sites (N-methyl/N-ethyl adjacent to an activating group) is 1. The number of nitrogens with one attached hydrogen (secondary N) is 1. The molecule has 0 fully saturated rings. The number of hydrogen-bond donors (Lipinski definition) is 1. The smallest absolute Gasteiger partial charge is 0.373 e. The number of hydrogen-bond acceptors (Lipinski definition) is 6. The summed E-state index contributed by atoms with van der Waals surface area (Å²) < 4.78 is 16.4. The molecule has 2 aromatic carbocycles. The molecule has 0 radical (unpaired) electrons. The second-order valence-corrected chi connectivity index (χ2v) is 11.1. The maximum atomic E-state index is 12.7. The van der Waals surface area contributed by atoms with E-state index >= 15 is 0 Å².